The van der Waals surface area contributed by atoms with Gasteiger partial charge in [0.15, 0.2) is 0 Å². The fraction of sp³-hybridized carbons (Fsp3) is 0.333. The fourth-order valence-electron chi connectivity index (χ4n) is 1.81. The molecule has 106 valence electrons. The summed E-state index contributed by atoms with van der Waals surface area (Å²) in [6, 6.07) is 2.66. The Bertz CT molecular complexity index is 519. The fourth-order valence-corrected chi connectivity index (χ4v) is 1.81. The standard InChI is InChI=1S/C12H13N3O5/c16-10(17)5-14-11(18)9-7-20-12(19)15(9)6-8-2-1-3-13-4-8/h1-4,9H,5-7H2,(H,14,18)(H,16,17)/t9-/m0/s1. The lowest BCUT2D eigenvalue weighted by molar-refractivity contribution is -0.138. The van der Waals surface area contributed by atoms with Gasteiger partial charge in [-0.05, 0) is 11.6 Å². The van der Waals surface area contributed by atoms with E-state index in [4.69, 9.17) is 9.84 Å². The lowest BCUT2D eigenvalue weighted by Crippen LogP contribution is -2.46. The van der Waals surface area contributed by atoms with Crippen LogP contribution in [0.2, 0.25) is 0 Å². The van der Waals surface area contributed by atoms with Gasteiger partial charge in [-0.2, -0.15) is 0 Å². The predicted octanol–water partition coefficient (Wildman–Crippen LogP) is -0.397. The highest BCUT2D eigenvalue weighted by atomic mass is 16.6. The van der Waals surface area contributed by atoms with Crippen LogP contribution >= 0.6 is 0 Å². The highest BCUT2D eigenvalue weighted by molar-refractivity contribution is 5.89. The molecule has 1 aromatic heterocycles. The molecule has 0 bridgehead atoms. The molecule has 0 saturated carbocycles. The maximum atomic E-state index is 11.8. The summed E-state index contributed by atoms with van der Waals surface area (Å²) in [6.07, 6.45) is 2.57. The quantitative estimate of drug-likeness (QED) is 0.759. The Morgan fingerprint density at radius 3 is 3.00 bits per heavy atom. The van der Waals surface area contributed by atoms with Crippen LogP contribution in [0, 0.1) is 0 Å². The number of ether oxygens (including phenoxy) is 1. The van der Waals surface area contributed by atoms with Crippen molar-refractivity contribution in [3.63, 3.8) is 0 Å². The number of amides is 2. The summed E-state index contributed by atoms with van der Waals surface area (Å²) in [7, 11) is 0. The van der Waals surface area contributed by atoms with Crippen LogP contribution in [0.1, 0.15) is 5.56 Å². The molecule has 2 heterocycles. The van der Waals surface area contributed by atoms with E-state index in [1.807, 2.05) is 0 Å². The SMILES string of the molecule is O=C(O)CNC(=O)[C@@H]1COC(=O)N1Cc1cccnc1. The van der Waals surface area contributed by atoms with Crippen molar-refractivity contribution in [3.8, 4) is 0 Å². The van der Waals surface area contributed by atoms with Gasteiger partial charge in [-0.3, -0.25) is 19.5 Å². The number of aromatic nitrogens is 1. The molecule has 20 heavy (non-hydrogen) atoms. The maximum absolute atomic E-state index is 11.8. The number of cyclic esters (lactones) is 1. The zero-order valence-electron chi connectivity index (χ0n) is 10.5. The molecular weight excluding hydrogens is 266 g/mol. The van der Waals surface area contributed by atoms with Crippen molar-refractivity contribution in [1.29, 1.82) is 0 Å². The number of pyridine rings is 1. The summed E-state index contributed by atoms with van der Waals surface area (Å²) in [6.45, 7) is -0.410. The van der Waals surface area contributed by atoms with Crippen LogP contribution in [0.3, 0.4) is 0 Å². The van der Waals surface area contributed by atoms with Gasteiger partial charge in [0.1, 0.15) is 19.2 Å². The Morgan fingerprint density at radius 2 is 2.35 bits per heavy atom. The van der Waals surface area contributed by atoms with Gasteiger partial charge in [0, 0.05) is 12.4 Å². The molecule has 1 aromatic rings. The number of hydrogen-bond acceptors (Lipinski definition) is 5. The molecule has 2 N–H and O–H groups in total. The van der Waals surface area contributed by atoms with E-state index in [1.165, 1.54) is 4.90 Å². The maximum Gasteiger partial charge on any atom is 0.410 e. The highest BCUT2D eigenvalue weighted by Crippen LogP contribution is 2.16. The molecule has 1 aliphatic rings. The first-order chi connectivity index (χ1) is 9.58. The van der Waals surface area contributed by atoms with Crippen LogP contribution in [-0.4, -0.2) is 52.2 Å². The zero-order valence-corrected chi connectivity index (χ0v) is 10.5. The molecule has 8 nitrogen and oxygen atoms in total. The number of carbonyl (C=O) groups is 3. The number of nitrogens with one attached hydrogen (secondary N) is 1. The lowest BCUT2D eigenvalue weighted by Gasteiger charge is -2.20. The van der Waals surface area contributed by atoms with E-state index in [2.05, 4.69) is 10.3 Å². The Kier molecular flexibility index (Phi) is 4.14. The highest BCUT2D eigenvalue weighted by Gasteiger charge is 2.38. The van der Waals surface area contributed by atoms with Gasteiger partial charge < -0.3 is 15.2 Å². The number of carboxylic acids is 1. The zero-order chi connectivity index (χ0) is 14.5. The Labute approximate surface area is 114 Å². The van der Waals surface area contributed by atoms with Gasteiger partial charge in [0.2, 0.25) is 5.91 Å². The second-order valence-electron chi connectivity index (χ2n) is 4.19. The minimum absolute atomic E-state index is 0.0927. The van der Waals surface area contributed by atoms with E-state index in [9.17, 15) is 14.4 Å². The van der Waals surface area contributed by atoms with E-state index in [0.717, 1.165) is 5.56 Å². The summed E-state index contributed by atoms with van der Waals surface area (Å²) < 4.78 is 4.84. The van der Waals surface area contributed by atoms with Crippen molar-refractivity contribution < 1.29 is 24.2 Å². The first-order valence-corrected chi connectivity index (χ1v) is 5.89. The number of aliphatic carboxylic acids is 1. The lowest BCUT2D eigenvalue weighted by atomic mass is 10.2. The summed E-state index contributed by atoms with van der Waals surface area (Å²) in [5, 5.41) is 10.8. The third-order valence-electron chi connectivity index (χ3n) is 2.77. The summed E-state index contributed by atoms with van der Waals surface area (Å²) in [5.41, 5.74) is 0.752. The largest absolute Gasteiger partial charge is 0.480 e. The predicted molar refractivity (Wildman–Crippen MR) is 65.6 cm³/mol. The number of hydrogen-bond donors (Lipinski definition) is 2. The van der Waals surface area contributed by atoms with E-state index in [1.54, 1.807) is 24.5 Å². The molecule has 0 aliphatic carbocycles. The molecule has 0 unspecified atom stereocenters. The Balaban J connectivity index is 2.03. The molecule has 0 aromatic carbocycles. The van der Waals surface area contributed by atoms with Crippen molar-refractivity contribution in [2.45, 2.75) is 12.6 Å². The number of rotatable bonds is 5. The molecule has 2 amide bonds. The molecule has 0 radical (unpaired) electrons. The average Bonchev–Trinajstić information content (AvgIpc) is 2.79. The van der Waals surface area contributed by atoms with Crippen molar-refractivity contribution in [3.05, 3.63) is 30.1 Å². The smallest absolute Gasteiger partial charge is 0.410 e. The van der Waals surface area contributed by atoms with Crippen LogP contribution in [0.25, 0.3) is 0 Å². The minimum Gasteiger partial charge on any atom is -0.480 e. The van der Waals surface area contributed by atoms with Crippen molar-refractivity contribution in [1.82, 2.24) is 15.2 Å². The van der Waals surface area contributed by atoms with Crippen LogP contribution in [0.15, 0.2) is 24.5 Å². The Hall–Kier alpha value is -2.64. The third-order valence-corrected chi connectivity index (χ3v) is 2.77. The topological polar surface area (TPSA) is 109 Å². The molecule has 1 atom stereocenters. The Morgan fingerprint density at radius 1 is 1.55 bits per heavy atom. The molecular formula is C12H13N3O5. The van der Waals surface area contributed by atoms with Crippen molar-refractivity contribution in [2.75, 3.05) is 13.2 Å². The van der Waals surface area contributed by atoms with Gasteiger partial charge in [0.25, 0.3) is 0 Å². The van der Waals surface area contributed by atoms with Gasteiger partial charge in [0.05, 0.1) is 6.54 Å². The monoisotopic (exact) mass is 279 g/mol. The van der Waals surface area contributed by atoms with Crippen molar-refractivity contribution >= 4 is 18.0 Å². The van der Waals surface area contributed by atoms with E-state index >= 15 is 0 Å². The van der Waals surface area contributed by atoms with Crippen LogP contribution in [-0.2, 0) is 20.9 Å². The molecule has 1 saturated heterocycles. The number of carboxylic acid groups (broad SMARTS) is 1. The second kappa shape index (κ2) is 6.00. The summed E-state index contributed by atoms with van der Waals surface area (Å²) in [5.74, 6) is -1.70. The van der Waals surface area contributed by atoms with Crippen LogP contribution in [0.5, 0.6) is 0 Å². The molecule has 8 heteroatoms. The first-order valence-electron chi connectivity index (χ1n) is 5.89. The third kappa shape index (κ3) is 3.22. The van der Waals surface area contributed by atoms with E-state index in [0.29, 0.717) is 0 Å². The minimum atomic E-state index is -1.15. The van der Waals surface area contributed by atoms with Gasteiger partial charge >= 0.3 is 12.1 Å². The molecule has 1 aliphatic heterocycles. The summed E-state index contributed by atoms with van der Waals surface area (Å²) >= 11 is 0. The summed E-state index contributed by atoms with van der Waals surface area (Å²) in [4.78, 5) is 39.0. The second-order valence-corrected chi connectivity index (χ2v) is 4.19. The van der Waals surface area contributed by atoms with Gasteiger partial charge in [-0.1, -0.05) is 6.07 Å². The average molecular weight is 279 g/mol. The first kappa shape index (κ1) is 13.8. The van der Waals surface area contributed by atoms with Crippen LogP contribution in [0.4, 0.5) is 4.79 Å². The van der Waals surface area contributed by atoms with Gasteiger partial charge in [-0.25, -0.2) is 4.79 Å². The molecule has 2 rings (SSSR count). The number of carbonyl (C=O) groups excluding carboxylic acids is 2. The number of nitrogens with zero attached hydrogens (tertiary/aromatic N) is 2. The van der Waals surface area contributed by atoms with Crippen molar-refractivity contribution in [2.24, 2.45) is 0 Å². The molecule has 1 fully saturated rings. The van der Waals surface area contributed by atoms with Gasteiger partial charge in [-0.15, -0.1) is 0 Å². The molecule has 0 spiro atoms. The normalized spacial score (nSPS) is 17.7. The van der Waals surface area contributed by atoms with E-state index < -0.39 is 30.6 Å². The van der Waals surface area contributed by atoms with Crippen LogP contribution < -0.4 is 5.32 Å². The van der Waals surface area contributed by atoms with E-state index in [-0.39, 0.29) is 13.2 Å².